The lowest BCUT2D eigenvalue weighted by Gasteiger charge is -2.08. The van der Waals surface area contributed by atoms with E-state index < -0.39 is 32.3 Å². The number of amides is 1. The molecule has 0 aliphatic carbocycles. The summed E-state index contributed by atoms with van der Waals surface area (Å²) in [7, 11) is -5.45. The van der Waals surface area contributed by atoms with Gasteiger partial charge >= 0.3 is 5.51 Å². The minimum absolute atomic E-state index is 0.212. The van der Waals surface area contributed by atoms with Crippen LogP contribution in [0.2, 0.25) is 0 Å². The first-order valence-corrected chi connectivity index (χ1v) is 12.0. The highest BCUT2D eigenvalue weighted by molar-refractivity contribution is 7.92. The third kappa shape index (κ3) is 5.15. The Hall–Kier alpha value is -2.39. The zero-order valence-electron chi connectivity index (χ0n) is 16.3. The van der Waals surface area contributed by atoms with Gasteiger partial charge in [-0.3, -0.25) is 4.79 Å². The molecule has 1 unspecified atom stereocenters. The van der Waals surface area contributed by atoms with Gasteiger partial charge in [0.15, 0.2) is 5.13 Å². The van der Waals surface area contributed by atoms with Gasteiger partial charge < -0.3 is 15.5 Å². The van der Waals surface area contributed by atoms with Crippen LogP contribution in [-0.4, -0.2) is 40.0 Å². The van der Waals surface area contributed by atoms with E-state index in [-0.39, 0.29) is 18.2 Å². The van der Waals surface area contributed by atoms with Crippen molar-refractivity contribution in [2.45, 2.75) is 36.5 Å². The van der Waals surface area contributed by atoms with Crippen molar-refractivity contribution in [1.82, 2.24) is 9.97 Å². The number of sulfone groups is 1. The normalized spacial score (nSPS) is 13.2. The Morgan fingerprint density at radius 2 is 1.88 bits per heavy atom. The van der Waals surface area contributed by atoms with E-state index in [0.29, 0.717) is 26.8 Å². The van der Waals surface area contributed by atoms with Crippen molar-refractivity contribution in [3.05, 3.63) is 45.9 Å². The number of thiazole rings is 2. The maximum Gasteiger partial charge on any atom is 0.501 e. The number of alkyl halides is 3. The van der Waals surface area contributed by atoms with Crippen molar-refractivity contribution < 1.29 is 36.6 Å². The highest BCUT2D eigenvalue weighted by Gasteiger charge is 2.46. The Morgan fingerprint density at radius 3 is 2.44 bits per heavy atom. The van der Waals surface area contributed by atoms with E-state index in [4.69, 9.17) is 0 Å². The van der Waals surface area contributed by atoms with Crippen molar-refractivity contribution in [3.63, 3.8) is 0 Å². The summed E-state index contributed by atoms with van der Waals surface area (Å²) in [6.45, 7) is 1.19. The molecule has 32 heavy (non-hydrogen) atoms. The standard InChI is InChI=1S/C18H16F3N3O5S3/c1-9(26)16-22-12(7-25)15(31-16)13-8-30-17(23-13)24-14(27)6-10-2-4-11(5-3-10)32(28,29)18(19,20)21/h2-5,8-9,25-26H,6-7H2,1H3,(H,23,24,27). The van der Waals surface area contributed by atoms with Crippen LogP contribution in [0.1, 0.15) is 29.3 Å². The van der Waals surface area contributed by atoms with Gasteiger partial charge in [0.1, 0.15) is 11.1 Å². The van der Waals surface area contributed by atoms with Crippen molar-refractivity contribution in [1.29, 1.82) is 0 Å². The maximum atomic E-state index is 12.6. The van der Waals surface area contributed by atoms with Crippen molar-refractivity contribution in [3.8, 4) is 10.6 Å². The molecular weight excluding hydrogens is 491 g/mol. The Labute approximate surface area is 188 Å². The Bertz CT molecular complexity index is 1220. The smallest absolute Gasteiger partial charge is 0.390 e. The second-order valence-electron chi connectivity index (χ2n) is 6.52. The molecule has 0 spiro atoms. The summed E-state index contributed by atoms with van der Waals surface area (Å²) in [6, 6.07) is 3.86. The van der Waals surface area contributed by atoms with Crippen LogP contribution in [-0.2, 0) is 27.7 Å². The summed E-state index contributed by atoms with van der Waals surface area (Å²) in [4.78, 5) is 20.3. The summed E-state index contributed by atoms with van der Waals surface area (Å²) < 4.78 is 60.6. The molecule has 3 N–H and O–H groups in total. The SMILES string of the molecule is CC(O)c1nc(CO)c(-c2csc(NC(=O)Cc3ccc(S(=O)(=O)C(F)(F)F)cc3)n2)s1. The molecule has 8 nitrogen and oxygen atoms in total. The van der Waals surface area contributed by atoms with Gasteiger partial charge in [0.05, 0.1) is 34.2 Å². The summed E-state index contributed by atoms with van der Waals surface area (Å²) in [5.74, 6) is -0.506. The number of carbonyl (C=O) groups is 1. The lowest BCUT2D eigenvalue weighted by molar-refractivity contribution is -0.115. The number of hydrogen-bond acceptors (Lipinski definition) is 9. The minimum Gasteiger partial charge on any atom is -0.390 e. The zero-order chi connectivity index (χ0) is 23.7. The van der Waals surface area contributed by atoms with Crippen LogP contribution in [0.5, 0.6) is 0 Å². The van der Waals surface area contributed by atoms with Crippen molar-refractivity contribution >= 4 is 43.5 Å². The molecule has 1 aromatic carbocycles. The molecule has 2 heterocycles. The number of hydrogen-bond donors (Lipinski definition) is 3. The summed E-state index contributed by atoms with van der Waals surface area (Å²) in [5.41, 5.74) is -4.28. The van der Waals surface area contributed by atoms with Gasteiger partial charge in [-0.2, -0.15) is 13.2 Å². The number of nitrogens with one attached hydrogen (secondary N) is 1. The van der Waals surface area contributed by atoms with Gasteiger partial charge in [0.2, 0.25) is 5.91 Å². The molecule has 3 aromatic rings. The number of rotatable bonds is 7. The molecule has 0 saturated carbocycles. The molecule has 172 valence electrons. The topological polar surface area (TPSA) is 129 Å². The quantitative estimate of drug-likeness (QED) is 0.448. The molecule has 0 fully saturated rings. The first-order chi connectivity index (χ1) is 14.9. The molecule has 1 atom stereocenters. The fourth-order valence-corrected chi connectivity index (χ4v) is 5.09. The third-order valence-corrected chi connectivity index (χ3v) is 7.66. The molecule has 2 aromatic heterocycles. The average molecular weight is 508 g/mol. The number of aliphatic hydroxyl groups is 2. The highest BCUT2D eigenvalue weighted by Crippen LogP contribution is 2.35. The zero-order valence-corrected chi connectivity index (χ0v) is 18.7. The van der Waals surface area contributed by atoms with E-state index in [1.807, 2.05) is 0 Å². The third-order valence-electron chi connectivity index (χ3n) is 4.11. The number of carbonyl (C=O) groups excluding carboxylic acids is 1. The Balaban J connectivity index is 1.69. The molecule has 0 radical (unpaired) electrons. The molecule has 14 heteroatoms. The largest absolute Gasteiger partial charge is 0.501 e. The van der Waals surface area contributed by atoms with E-state index in [1.54, 1.807) is 12.3 Å². The first-order valence-electron chi connectivity index (χ1n) is 8.87. The first kappa shape index (κ1) is 24.3. The second-order valence-corrected chi connectivity index (χ2v) is 10.3. The predicted octanol–water partition coefficient (Wildman–Crippen LogP) is 3.29. The lowest BCUT2D eigenvalue weighted by atomic mass is 10.1. The van der Waals surface area contributed by atoms with E-state index in [1.165, 1.54) is 11.3 Å². The van der Waals surface area contributed by atoms with Crippen LogP contribution < -0.4 is 5.32 Å². The van der Waals surface area contributed by atoms with E-state index in [2.05, 4.69) is 15.3 Å². The van der Waals surface area contributed by atoms with Crippen LogP contribution in [0.4, 0.5) is 18.3 Å². The lowest BCUT2D eigenvalue weighted by Crippen LogP contribution is -2.23. The van der Waals surface area contributed by atoms with Crippen LogP contribution in [0.25, 0.3) is 10.6 Å². The van der Waals surface area contributed by atoms with Gasteiger partial charge in [-0.15, -0.1) is 22.7 Å². The van der Waals surface area contributed by atoms with Crippen LogP contribution in [0.15, 0.2) is 34.5 Å². The Kier molecular flexibility index (Phi) is 7.00. The summed E-state index contributed by atoms with van der Waals surface area (Å²) >= 11 is 2.28. The second kappa shape index (κ2) is 9.23. The monoisotopic (exact) mass is 507 g/mol. The maximum absolute atomic E-state index is 12.6. The van der Waals surface area contributed by atoms with Gasteiger partial charge in [0.25, 0.3) is 9.84 Å². The fourth-order valence-electron chi connectivity index (χ4n) is 2.56. The predicted molar refractivity (Wildman–Crippen MR) is 112 cm³/mol. The van der Waals surface area contributed by atoms with E-state index >= 15 is 0 Å². The number of benzene rings is 1. The molecular formula is C18H16F3N3O5S3. The number of aliphatic hydroxyl groups excluding tert-OH is 2. The highest BCUT2D eigenvalue weighted by atomic mass is 32.2. The average Bonchev–Trinajstić information content (AvgIpc) is 3.34. The van der Waals surface area contributed by atoms with Crippen LogP contribution >= 0.6 is 22.7 Å². The number of halogens is 3. The van der Waals surface area contributed by atoms with E-state index in [0.717, 1.165) is 35.6 Å². The summed E-state index contributed by atoms with van der Waals surface area (Å²) in [6.07, 6.45) is -1.02. The minimum atomic E-state index is -5.45. The molecule has 0 aliphatic rings. The number of nitrogens with zero attached hydrogens (tertiary/aromatic N) is 2. The Morgan fingerprint density at radius 1 is 1.22 bits per heavy atom. The van der Waals surface area contributed by atoms with E-state index in [9.17, 15) is 36.6 Å². The van der Waals surface area contributed by atoms with Crippen molar-refractivity contribution in [2.24, 2.45) is 0 Å². The molecule has 0 bridgehead atoms. The van der Waals surface area contributed by atoms with Crippen molar-refractivity contribution in [2.75, 3.05) is 5.32 Å². The molecule has 0 saturated heterocycles. The summed E-state index contributed by atoms with van der Waals surface area (Å²) in [5, 5.41) is 24.0. The molecule has 3 rings (SSSR count). The van der Waals surface area contributed by atoms with Crippen LogP contribution in [0, 0.1) is 0 Å². The molecule has 0 aliphatic heterocycles. The molecule has 1 amide bonds. The number of anilines is 1. The van der Waals surface area contributed by atoms with Gasteiger partial charge in [-0.05, 0) is 24.6 Å². The van der Waals surface area contributed by atoms with Gasteiger partial charge in [0, 0.05) is 5.38 Å². The van der Waals surface area contributed by atoms with Gasteiger partial charge in [-0.1, -0.05) is 12.1 Å². The van der Waals surface area contributed by atoms with Gasteiger partial charge in [-0.25, -0.2) is 18.4 Å². The fraction of sp³-hybridized carbons (Fsp3) is 0.278. The number of aromatic nitrogens is 2. The van der Waals surface area contributed by atoms with Crippen LogP contribution in [0.3, 0.4) is 0 Å².